The highest BCUT2D eigenvalue weighted by Gasteiger charge is 2.31. The van der Waals surface area contributed by atoms with Crippen LogP contribution in [0, 0.1) is 0 Å². The van der Waals surface area contributed by atoms with Crippen molar-refractivity contribution in [3.63, 3.8) is 0 Å². The van der Waals surface area contributed by atoms with Crippen LogP contribution in [0.15, 0.2) is 16.9 Å². The highest BCUT2D eigenvalue weighted by atomic mass is 16.3. The summed E-state index contributed by atoms with van der Waals surface area (Å²) in [4.78, 5) is 14.8. The van der Waals surface area contributed by atoms with Gasteiger partial charge in [-0.15, -0.1) is 0 Å². The number of hydrogen-bond acceptors (Lipinski definition) is 6. The summed E-state index contributed by atoms with van der Waals surface area (Å²) < 4.78 is 1.53. The van der Waals surface area contributed by atoms with Crippen molar-refractivity contribution in [2.24, 2.45) is 0 Å². The molecule has 1 saturated heterocycles. The largest absolute Gasteiger partial charge is 0.391 e. The second kappa shape index (κ2) is 9.79. The van der Waals surface area contributed by atoms with E-state index < -0.39 is 11.7 Å². The lowest BCUT2D eigenvalue weighted by atomic mass is 9.85. The third-order valence-electron chi connectivity index (χ3n) is 7.36. The number of hydrogen-bond donors (Lipinski definition) is 3. The molecule has 168 valence electrons. The van der Waals surface area contributed by atoms with E-state index in [1.165, 1.54) is 17.5 Å². The van der Waals surface area contributed by atoms with Gasteiger partial charge in [0.1, 0.15) is 5.82 Å². The molecule has 3 N–H and O–H groups in total. The first-order chi connectivity index (χ1) is 14.6. The maximum Gasteiger partial charge on any atom is 0.267 e. The van der Waals surface area contributed by atoms with Crippen molar-refractivity contribution in [2.45, 2.75) is 101 Å². The fourth-order valence-electron chi connectivity index (χ4n) is 5.56. The number of anilines is 1. The van der Waals surface area contributed by atoms with Crippen LogP contribution >= 0.6 is 0 Å². The lowest BCUT2D eigenvalue weighted by Crippen LogP contribution is -2.50. The van der Waals surface area contributed by atoms with E-state index in [2.05, 4.69) is 10.2 Å². The molecule has 0 radical (unpaired) electrons. The summed E-state index contributed by atoms with van der Waals surface area (Å²) in [7, 11) is 0. The number of nitrogens with one attached hydrogen (secondary N) is 1. The summed E-state index contributed by atoms with van der Waals surface area (Å²) in [5, 5.41) is 29.4. The van der Waals surface area contributed by atoms with Gasteiger partial charge in [0, 0.05) is 31.7 Å². The fourth-order valence-corrected chi connectivity index (χ4v) is 5.56. The third-order valence-corrected chi connectivity index (χ3v) is 7.36. The van der Waals surface area contributed by atoms with Crippen LogP contribution in [0.5, 0.6) is 0 Å². The van der Waals surface area contributed by atoms with E-state index in [1.807, 2.05) is 6.07 Å². The van der Waals surface area contributed by atoms with Gasteiger partial charge in [-0.2, -0.15) is 5.10 Å². The van der Waals surface area contributed by atoms with Crippen molar-refractivity contribution < 1.29 is 10.2 Å². The molecule has 0 spiro atoms. The van der Waals surface area contributed by atoms with E-state index >= 15 is 0 Å². The van der Waals surface area contributed by atoms with Crippen LogP contribution in [0.2, 0.25) is 0 Å². The standard InChI is InChI=1S/C23H38N4O3/c28-20-10-3-2-9-19(20)27-22(29)12-11-21(25-27)26-15-7-4-8-18(26)16-24-17-23(30)13-5-1-6-14-23/h11-12,18-20,24,28,30H,1-10,13-17H2. The fraction of sp³-hybridized carbons (Fsp3) is 0.826. The van der Waals surface area contributed by atoms with Gasteiger partial charge in [0.2, 0.25) is 0 Å². The van der Waals surface area contributed by atoms with E-state index in [9.17, 15) is 15.0 Å². The van der Waals surface area contributed by atoms with E-state index in [0.717, 1.165) is 83.1 Å². The molecule has 7 nitrogen and oxygen atoms in total. The summed E-state index contributed by atoms with van der Waals surface area (Å²) >= 11 is 0. The van der Waals surface area contributed by atoms with Crippen molar-refractivity contribution >= 4 is 5.82 Å². The Hall–Kier alpha value is -1.44. The molecule has 1 aromatic heterocycles. The van der Waals surface area contributed by atoms with Crippen molar-refractivity contribution in [2.75, 3.05) is 24.5 Å². The second-order valence-corrected chi connectivity index (χ2v) is 9.65. The van der Waals surface area contributed by atoms with Gasteiger partial charge in [0.25, 0.3) is 5.56 Å². The molecule has 30 heavy (non-hydrogen) atoms. The minimum Gasteiger partial charge on any atom is -0.391 e. The number of aromatic nitrogens is 2. The van der Waals surface area contributed by atoms with Crippen molar-refractivity contribution in [3.05, 3.63) is 22.5 Å². The van der Waals surface area contributed by atoms with Crippen LogP contribution in [0.3, 0.4) is 0 Å². The summed E-state index contributed by atoms with van der Waals surface area (Å²) in [6.45, 7) is 2.39. The number of nitrogens with zero attached hydrogens (tertiary/aromatic N) is 3. The summed E-state index contributed by atoms with van der Waals surface area (Å²) in [6.07, 6.45) is 11.7. The zero-order chi connectivity index (χ0) is 21.0. The van der Waals surface area contributed by atoms with Gasteiger partial charge in [-0.25, -0.2) is 4.68 Å². The lowest BCUT2D eigenvalue weighted by Gasteiger charge is -2.38. The zero-order valence-electron chi connectivity index (χ0n) is 18.1. The highest BCUT2D eigenvalue weighted by molar-refractivity contribution is 5.39. The third kappa shape index (κ3) is 5.06. The molecule has 3 atom stereocenters. The zero-order valence-corrected chi connectivity index (χ0v) is 18.1. The van der Waals surface area contributed by atoms with Gasteiger partial charge in [-0.3, -0.25) is 4.79 Å². The second-order valence-electron chi connectivity index (χ2n) is 9.65. The van der Waals surface area contributed by atoms with Crippen LogP contribution in [-0.4, -0.2) is 57.4 Å². The van der Waals surface area contributed by atoms with Crippen LogP contribution < -0.4 is 15.8 Å². The predicted octanol–water partition coefficient (Wildman–Crippen LogP) is 2.36. The number of aliphatic hydroxyl groups excluding tert-OH is 1. The first-order valence-electron chi connectivity index (χ1n) is 12.0. The highest BCUT2D eigenvalue weighted by Crippen LogP contribution is 2.29. The Kier molecular flexibility index (Phi) is 7.11. The molecule has 2 aliphatic carbocycles. The summed E-state index contributed by atoms with van der Waals surface area (Å²) in [5.74, 6) is 0.829. The number of aliphatic hydroxyl groups is 2. The maximum absolute atomic E-state index is 12.5. The Bertz CT molecular complexity index is 746. The van der Waals surface area contributed by atoms with Crippen molar-refractivity contribution in [1.29, 1.82) is 0 Å². The minimum atomic E-state index is -0.555. The summed E-state index contributed by atoms with van der Waals surface area (Å²) in [5.41, 5.74) is -0.684. The number of rotatable bonds is 6. The van der Waals surface area contributed by atoms with E-state index in [0.29, 0.717) is 12.6 Å². The molecule has 7 heteroatoms. The molecule has 4 rings (SSSR count). The Morgan fingerprint density at radius 3 is 2.60 bits per heavy atom. The SMILES string of the molecule is O=c1ccc(N2CCCCC2CNCC2(O)CCCCC2)nn1C1CCCCC1O. The smallest absolute Gasteiger partial charge is 0.267 e. The van der Waals surface area contributed by atoms with Gasteiger partial charge in [0.05, 0.1) is 17.7 Å². The molecule has 0 aromatic carbocycles. The van der Waals surface area contributed by atoms with E-state index in [1.54, 1.807) is 6.07 Å². The molecule has 3 aliphatic rings. The average Bonchev–Trinajstić information content (AvgIpc) is 2.76. The van der Waals surface area contributed by atoms with Gasteiger partial charge >= 0.3 is 0 Å². The van der Waals surface area contributed by atoms with Crippen molar-refractivity contribution in [3.8, 4) is 0 Å². The molecule has 1 aromatic rings. The quantitative estimate of drug-likeness (QED) is 0.657. The van der Waals surface area contributed by atoms with Crippen LogP contribution in [0.1, 0.15) is 83.1 Å². The molecular weight excluding hydrogens is 380 g/mol. The lowest BCUT2D eigenvalue weighted by molar-refractivity contribution is 0.00469. The Labute approximate surface area is 179 Å². The van der Waals surface area contributed by atoms with E-state index in [-0.39, 0.29) is 11.6 Å². The topological polar surface area (TPSA) is 90.6 Å². The molecule has 0 amide bonds. The van der Waals surface area contributed by atoms with Gasteiger partial charge < -0.3 is 20.4 Å². The van der Waals surface area contributed by atoms with Crippen LogP contribution in [0.4, 0.5) is 5.82 Å². The maximum atomic E-state index is 12.5. The first-order valence-corrected chi connectivity index (χ1v) is 12.0. The Morgan fingerprint density at radius 2 is 1.80 bits per heavy atom. The molecule has 0 bridgehead atoms. The molecule has 1 aliphatic heterocycles. The first kappa shape index (κ1) is 21.8. The number of piperidine rings is 1. The Morgan fingerprint density at radius 1 is 1.03 bits per heavy atom. The molecule has 3 fully saturated rings. The molecule has 2 heterocycles. The molecular formula is C23H38N4O3. The normalized spacial score (nSPS) is 29.7. The summed E-state index contributed by atoms with van der Waals surface area (Å²) in [6, 6.07) is 3.53. The predicted molar refractivity (Wildman–Crippen MR) is 118 cm³/mol. The van der Waals surface area contributed by atoms with Crippen LogP contribution in [0.25, 0.3) is 0 Å². The minimum absolute atomic E-state index is 0.129. The van der Waals surface area contributed by atoms with Gasteiger partial charge in [-0.05, 0) is 51.0 Å². The van der Waals surface area contributed by atoms with E-state index in [4.69, 9.17) is 5.10 Å². The Balaban J connectivity index is 1.44. The molecule has 3 unspecified atom stereocenters. The van der Waals surface area contributed by atoms with Gasteiger partial charge in [0.15, 0.2) is 0 Å². The van der Waals surface area contributed by atoms with Gasteiger partial charge in [-0.1, -0.05) is 32.1 Å². The average molecular weight is 419 g/mol. The molecule has 2 saturated carbocycles. The van der Waals surface area contributed by atoms with Crippen molar-refractivity contribution in [1.82, 2.24) is 15.1 Å². The monoisotopic (exact) mass is 418 g/mol. The van der Waals surface area contributed by atoms with Crippen LogP contribution in [-0.2, 0) is 0 Å².